The monoisotopic (exact) mass is 466 g/mol. The first-order valence-electron chi connectivity index (χ1n) is 13.2. The predicted octanol–water partition coefficient (Wildman–Crippen LogP) is 6.52. The van der Waals surface area contributed by atoms with Crippen LogP contribution in [0.5, 0.6) is 0 Å². The van der Waals surface area contributed by atoms with Gasteiger partial charge in [-0.2, -0.15) is 0 Å². The summed E-state index contributed by atoms with van der Waals surface area (Å²) >= 11 is 0. The Morgan fingerprint density at radius 3 is 2.40 bits per heavy atom. The fraction of sp³-hybridized carbons (Fsp3) is 0.387. The van der Waals surface area contributed by atoms with Gasteiger partial charge in [-0.15, -0.1) is 0 Å². The summed E-state index contributed by atoms with van der Waals surface area (Å²) in [6.45, 7) is 14.9. The Labute approximate surface area is 210 Å². The number of benzene rings is 1. The summed E-state index contributed by atoms with van der Waals surface area (Å²) in [6, 6.07) is 13.2. The molecule has 0 N–H and O–H groups in total. The van der Waals surface area contributed by atoms with Crippen LogP contribution in [0.2, 0.25) is 0 Å². The van der Waals surface area contributed by atoms with Gasteiger partial charge in [0.1, 0.15) is 5.65 Å². The van der Waals surface area contributed by atoms with Crippen LogP contribution in [0.1, 0.15) is 49.4 Å². The molecular weight excluding hydrogens is 428 g/mol. The molecular formula is C31H38N4. The van der Waals surface area contributed by atoms with Gasteiger partial charge < -0.3 is 4.40 Å². The Bertz CT molecular complexity index is 1240. The molecule has 3 aromatic rings. The van der Waals surface area contributed by atoms with E-state index in [2.05, 4.69) is 95.5 Å². The van der Waals surface area contributed by atoms with E-state index in [1.54, 1.807) is 0 Å². The molecule has 0 spiro atoms. The van der Waals surface area contributed by atoms with Crippen molar-refractivity contribution in [1.29, 1.82) is 0 Å². The molecule has 0 unspecified atom stereocenters. The van der Waals surface area contributed by atoms with Crippen molar-refractivity contribution < 1.29 is 0 Å². The van der Waals surface area contributed by atoms with Crippen LogP contribution in [0.4, 0.5) is 0 Å². The summed E-state index contributed by atoms with van der Waals surface area (Å²) in [4.78, 5) is 10.3. The van der Waals surface area contributed by atoms with Crippen molar-refractivity contribution in [1.82, 2.24) is 19.2 Å². The second-order valence-electron chi connectivity index (χ2n) is 10.1. The molecule has 0 atom stereocenters. The number of pyridine rings is 1. The number of piperazine rings is 1. The number of imidazole rings is 1. The third-order valence-corrected chi connectivity index (χ3v) is 7.26. The van der Waals surface area contributed by atoms with Gasteiger partial charge in [-0.05, 0) is 49.5 Å². The van der Waals surface area contributed by atoms with Crippen molar-refractivity contribution in [2.45, 2.75) is 46.1 Å². The SMILES string of the molecule is C=C(CCC)CN1CCN(Cc2c(-c3ccc(C)cc3)nc3ccc(C4=CCCC=C4)cn23)CC1. The topological polar surface area (TPSA) is 23.8 Å². The third-order valence-electron chi connectivity index (χ3n) is 7.26. The zero-order chi connectivity index (χ0) is 24.2. The Hall–Kier alpha value is -2.95. The average molecular weight is 467 g/mol. The maximum Gasteiger partial charge on any atom is 0.137 e. The van der Waals surface area contributed by atoms with Crippen molar-refractivity contribution in [2.24, 2.45) is 0 Å². The number of aryl methyl sites for hydroxylation is 1. The first-order chi connectivity index (χ1) is 17.1. The molecule has 4 heteroatoms. The van der Waals surface area contributed by atoms with Crippen molar-refractivity contribution in [3.63, 3.8) is 0 Å². The van der Waals surface area contributed by atoms with Crippen LogP contribution < -0.4 is 0 Å². The smallest absolute Gasteiger partial charge is 0.137 e. The van der Waals surface area contributed by atoms with Gasteiger partial charge in [0.25, 0.3) is 0 Å². The molecule has 4 nitrogen and oxygen atoms in total. The van der Waals surface area contributed by atoms with E-state index in [0.717, 1.165) is 69.9 Å². The van der Waals surface area contributed by atoms with E-state index in [1.807, 2.05) is 0 Å². The summed E-state index contributed by atoms with van der Waals surface area (Å²) in [5, 5.41) is 0. The largest absolute Gasteiger partial charge is 0.301 e. The van der Waals surface area contributed by atoms with E-state index in [9.17, 15) is 0 Å². The minimum absolute atomic E-state index is 0.909. The van der Waals surface area contributed by atoms with Gasteiger partial charge in [0.2, 0.25) is 0 Å². The molecule has 0 bridgehead atoms. The summed E-state index contributed by atoms with van der Waals surface area (Å²) in [5.74, 6) is 0. The first-order valence-corrected chi connectivity index (χ1v) is 13.2. The quantitative estimate of drug-likeness (QED) is 0.353. The van der Waals surface area contributed by atoms with Gasteiger partial charge in [-0.25, -0.2) is 4.98 Å². The van der Waals surface area contributed by atoms with E-state index in [0.29, 0.717) is 0 Å². The van der Waals surface area contributed by atoms with Crippen LogP contribution in [0.3, 0.4) is 0 Å². The van der Waals surface area contributed by atoms with Gasteiger partial charge in [0, 0.05) is 51.0 Å². The summed E-state index contributed by atoms with van der Waals surface area (Å²) in [5.41, 5.74) is 9.83. The van der Waals surface area contributed by atoms with Crippen molar-refractivity contribution >= 4 is 11.2 Å². The van der Waals surface area contributed by atoms with Crippen molar-refractivity contribution in [2.75, 3.05) is 32.7 Å². The number of fused-ring (bicyclic) bond motifs is 1. The lowest BCUT2D eigenvalue weighted by Gasteiger charge is -2.35. The third kappa shape index (κ3) is 5.50. The van der Waals surface area contributed by atoms with Crippen LogP contribution in [-0.2, 0) is 6.54 Å². The molecule has 2 aliphatic rings. The highest BCUT2D eigenvalue weighted by molar-refractivity contribution is 5.76. The van der Waals surface area contributed by atoms with E-state index in [4.69, 9.17) is 4.98 Å². The first kappa shape index (κ1) is 23.8. The molecule has 1 aliphatic carbocycles. The lowest BCUT2D eigenvalue weighted by Crippen LogP contribution is -2.46. The fourth-order valence-electron chi connectivity index (χ4n) is 5.25. The second kappa shape index (κ2) is 10.8. The van der Waals surface area contributed by atoms with Gasteiger partial charge in [-0.3, -0.25) is 9.80 Å². The molecule has 1 fully saturated rings. The molecule has 5 rings (SSSR count). The zero-order valence-corrected chi connectivity index (χ0v) is 21.3. The standard InChI is InChI=1S/C31H38N4/c1-4-8-25(3)21-33-17-19-34(20-18-33)23-29-31(27-13-11-24(2)12-14-27)32-30-16-15-28(22-35(29)30)26-9-6-5-7-10-26/h6,9-16,22H,3-5,7-8,17-21,23H2,1-2H3. The molecule has 1 aliphatic heterocycles. The number of rotatable bonds is 8. The Kier molecular flexibility index (Phi) is 7.31. The van der Waals surface area contributed by atoms with Gasteiger partial charge >= 0.3 is 0 Å². The van der Waals surface area contributed by atoms with E-state index in [1.165, 1.54) is 40.0 Å². The van der Waals surface area contributed by atoms with E-state index in [-0.39, 0.29) is 0 Å². The van der Waals surface area contributed by atoms with E-state index >= 15 is 0 Å². The molecule has 0 amide bonds. The molecule has 3 heterocycles. The van der Waals surface area contributed by atoms with E-state index < -0.39 is 0 Å². The molecule has 1 aromatic carbocycles. The summed E-state index contributed by atoms with van der Waals surface area (Å²) in [6.07, 6.45) is 13.8. The van der Waals surface area contributed by atoms with Crippen LogP contribution in [0.25, 0.3) is 22.5 Å². The number of hydrogen-bond acceptors (Lipinski definition) is 3. The van der Waals surface area contributed by atoms with Crippen LogP contribution in [0, 0.1) is 6.92 Å². The maximum absolute atomic E-state index is 5.12. The molecule has 2 aromatic heterocycles. The molecule has 182 valence electrons. The number of nitrogens with zero attached hydrogens (tertiary/aromatic N) is 4. The molecule has 1 saturated heterocycles. The second-order valence-corrected chi connectivity index (χ2v) is 10.1. The fourth-order valence-corrected chi connectivity index (χ4v) is 5.25. The Morgan fingerprint density at radius 2 is 1.69 bits per heavy atom. The molecule has 0 saturated carbocycles. The highest BCUT2D eigenvalue weighted by Crippen LogP contribution is 2.29. The van der Waals surface area contributed by atoms with Crippen LogP contribution in [0.15, 0.2) is 73.0 Å². The highest BCUT2D eigenvalue weighted by atomic mass is 15.3. The summed E-state index contributed by atoms with van der Waals surface area (Å²) < 4.78 is 2.34. The highest BCUT2D eigenvalue weighted by Gasteiger charge is 2.22. The predicted molar refractivity (Wildman–Crippen MR) is 147 cm³/mol. The minimum Gasteiger partial charge on any atom is -0.301 e. The van der Waals surface area contributed by atoms with Gasteiger partial charge in [0.15, 0.2) is 0 Å². The van der Waals surface area contributed by atoms with Crippen LogP contribution >= 0.6 is 0 Å². The maximum atomic E-state index is 5.12. The number of hydrogen-bond donors (Lipinski definition) is 0. The van der Waals surface area contributed by atoms with Crippen LogP contribution in [-0.4, -0.2) is 51.9 Å². The number of aromatic nitrogens is 2. The lowest BCUT2D eigenvalue weighted by atomic mass is 10.0. The Morgan fingerprint density at radius 1 is 0.943 bits per heavy atom. The minimum atomic E-state index is 0.909. The van der Waals surface area contributed by atoms with Gasteiger partial charge in [0.05, 0.1) is 11.4 Å². The molecule has 35 heavy (non-hydrogen) atoms. The van der Waals surface area contributed by atoms with Crippen molar-refractivity contribution in [3.05, 3.63) is 89.8 Å². The Balaban J connectivity index is 1.43. The zero-order valence-electron chi connectivity index (χ0n) is 21.3. The number of allylic oxidation sites excluding steroid dienone is 4. The average Bonchev–Trinajstić information content (AvgIpc) is 3.24. The van der Waals surface area contributed by atoms with Crippen molar-refractivity contribution in [3.8, 4) is 11.3 Å². The lowest BCUT2D eigenvalue weighted by molar-refractivity contribution is 0.133. The summed E-state index contributed by atoms with van der Waals surface area (Å²) in [7, 11) is 0. The van der Waals surface area contributed by atoms with Gasteiger partial charge in [-0.1, -0.05) is 73.6 Å². The normalized spacial score (nSPS) is 17.1. The molecule has 0 radical (unpaired) electrons.